The molecule has 3 aromatic rings. The lowest BCUT2D eigenvalue weighted by Gasteiger charge is -2.30. The molecule has 3 aromatic carbocycles. The first-order valence-corrected chi connectivity index (χ1v) is 12.0. The smallest absolute Gasteiger partial charge is 0.265 e. The van der Waals surface area contributed by atoms with E-state index in [1.807, 2.05) is 61.2 Å². The Hall–Kier alpha value is -3.31. The maximum atomic E-state index is 13.5. The molecule has 0 aliphatic carbocycles. The average molecular weight is 457 g/mol. The lowest BCUT2D eigenvalue weighted by Crippen LogP contribution is -2.33. The third-order valence-corrected chi connectivity index (χ3v) is 6.83. The van der Waals surface area contributed by atoms with Crippen LogP contribution in [0.2, 0.25) is 0 Å². The molecule has 168 valence electrons. The molecule has 1 heterocycles. The van der Waals surface area contributed by atoms with Gasteiger partial charge < -0.3 is 10.2 Å². The quantitative estimate of drug-likeness (QED) is 0.449. The van der Waals surface area contributed by atoms with Crippen LogP contribution in [0, 0.1) is 6.92 Å². The van der Waals surface area contributed by atoms with E-state index >= 15 is 0 Å². The Labute approximate surface area is 199 Å². The molecule has 0 saturated carbocycles. The molecule has 0 bridgehead atoms. The van der Waals surface area contributed by atoms with Gasteiger partial charge in [0.05, 0.1) is 17.1 Å². The fraction of sp³-hybridized carbons (Fsp3) is 0.214. The molecule has 0 unspecified atom stereocenters. The minimum Gasteiger partial charge on any atom is -0.350 e. The zero-order valence-electron chi connectivity index (χ0n) is 19.2. The zero-order valence-corrected chi connectivity index (χ0v) is 20.0. The Morgan fingerprint density at radius 1 is 1.03 bits per heavy atom. The molecule has 1 N–H and O–H groups in total. The SMILES string of the molecule is CC[C@H](C)NC(=O)c1ccc(/C=C2/Sc3ccccc3N(Cc3ccc(C)cc3)C2=O)cc1. The predicted octanol–water partition coefficient (Wildman–Crippen LogP) is 6.20. The topological polar surface area (TPSA) is 49.4 Å². The highest BCUT2D eigenvalue weighted by Crippen LogP contribution is 2.42. The Kier molecular flexibility index (Phi) is 6.99. The summed E-state index contributed by atoms with van der Waals surface area (Å²) in [6, 6.07) is 23.8. The lowest BCUT2D eigenvalue weighted by atomic mass is 10.1. The monoisotopic (exact) mass is 456 g/mol. The van der Waals surface area contributed by atoms with E-state index < -0.39 is 0 Å². The van der Waals surface area contributed by atoms with Crippen LogP contribution in [-0.4, -0.2) is 17.9 Å². The Morgan fingerprint density at radius 2 is 1.73 bits per heavy atom. The minimum atomic E-state index is -0.0788. The van der Waals surface area contributed by atoms with E-state index in [0.29, 0.717) is 17.0 Å². The van der Waals surface area contributed by atoms with Crippen molar-refractivity contribution in [2.75, 3.05) is 4.90 Å². The summed E-state index contributed by atoms with van der Waals surface area (Å²) >= 11 is 1.49. The summed E-state index contributed by atoms with van der Waals surface area (Å²) in [5.41, 5.74) is 4.72. The van der Waals surface area contributed by atoms with Crippen molar-refractivity contribution in [3.8, 4) is 0 Å². The van der Waals surface area contributed by atoms with Crippen LogP contribution in [0.15, 0.2) is 82.6 Å². The van der Waals surface area contributed by atoms with Gasteiger partial charge >= 0.3 is 0 Å². The molecule has 5 heteroatoms. The maximum Gasteiger partial charge on any atom is 0.265 e. The first kappa shape index (κ1) is 22.9. The molecule has 33 heavy (non-hydrogen) atoms. The van der Waals surface area contributed by atoms with Crippen molar-refractivity contribution in [2.45, 2.75) is 44.7 Å². The molecule has 1 atom stereocenters. The summed E-state index contributed by atoms with van der Waals surface area (Å²) in [5, 5.41) is 2.98. The van der Waals surface area contributed by atoms with E-state index in [4.69, 9.17) is 0 Å². The molecular weight excluding hydrogens is 428 g/mol. The molecule has 0 saturated heterocycles. The number of carbonyl (C=O) groups is 2. The van der Waals surface area contributed by atoms with Crippen molar-refractivity contribution in [1.82, 2.24) is 5.32 Å². The number of benzene rings is 3. The van der Waals surface area contributed by atoms with Crippen molar-refractivity contribution >= 4 is 35.3 Å². The van der Waals surface area contributed by atoms with Gasteiger partial charge in [-0.15, -0.1) is 0 Å². The first-order chi connectivity index (χ1) is 15.9. The molecule has 4 rings (SSSR count). The second-order valence-corrected chi connectivity index (χ2v) is 9.44. The summed E-state index contributed by atoms with van der Waals surface area (Å²) in [7, 11) is 0. The Balaban J connectivity index is 1.59. The fourth-order valence-corrected chi connectivity index (χ4v) is 4.65. The molecular formula is C28H28N2O2S. The first-order valence-electron chi connectivity index (χ1n) is 11.2. The van der Waals surface area contributed by atoms with Crippen LogP contribution < -0.4 is 10.2 Å². The number of thioether (sulfide) groups is 1. The van der Waals surface area contributed by atoms with Crippen LogP contribution in [0.4, 0.5) is 5.69 Å². The highest BCUT2D eigenvalue weighted by atomic mass is 32.2. The van der Waals surface area contributed by atoms with Crippen LogP contribution in [0.25, 0.3) is 6.08 Å². The number of nitrogens with one attached hydrogen (secondary N) is 1. The van der Waals surface area contributed by atoms with Crippen molar-refractivity contribution in [2.24, 2.45) is 0 Å². The van der Waals surface area contributed by atoms with Gasteiger partial charge in [0.25, 0.3) is 11.8 Å². The van der Waals surface area contributed by atoms with Crippen LogP contribution in [0.3, 0.4) is 0 Å². The van der Waals surface area contributed by atoms with Gasteiger partial charge in [-0.25, -0.2) is 0 Å². The van der Waals surface area contributed by atoms with Crippen molar-refractivity contribution < 1.29 is 9.59 Å². The second kappa shape index (κ2) is 10.1. The van der Waals surface area contributed by atoms with Crippen LogP contribution >= 0.6 is 11.8 Å². The highest BCUT2D eigenvalue weighted by Gasteiger charge is 2.29. The third-order valence-electron chi connectivity index (χ3n) is 5.75. The number of aryl methyl sites for hydroxylation is 1. The molecule has 4 nitrogen and oxygen atoms in total. The standard InChI is InChI=1S/C28H28N2O2S/c1-4-20(3)29-27(31)23-15-13-21(14-16-23)17-26-28(32)30(18-22-11-9-19(2)10-12-22)24-7-5-6-8-25(24)33-26/h5-17,20H,4,18H2,1-3H3,(H,29,31)/b26-17+/t20-/m0/s1. The number of fused-ring (bicyclic) bond motifs is 1. The predicted molar refractivity (Wildman–Crippen MR) is 136 cm³/mol. The molecule has 0 radical (unpaired) electrons. The van der Waals surface area contributed by atoms with Crippen molar-refractivity contribution in [3.63, 3.8) is 0 Å². The molecule has 1 aliphatic rings. The maximum absolute atomic E-state index is 13.5. The summed E-state index contributed by atoms with van der Waals surface area (Å²) in [4.78, 5) is 29.4. The van der Waals surface area contributed by atoms with Crippen molar-refractivity contribution in [1.29, 1.82) is 0 Å². The third kappa shape index (κ3) is 5.37. The number of carbonyl (C=O) groups excluding carboxylic acids is 2. The van der Waals surface area contributed by atoms with E-state index in [0.717, 1.165) is 28.1 Å². The molecule has 0 spiro atoms. The number of rotatable bonds is 6. The minimum absolute atomic E-state index is 0.0159. The fourth-order valence-electron chi connectivity index (χ4n) is 3.59. The number of hydrogen-bond acceptors (Lipinski definition) is 3. The van der Waals surface area contributed by atoms with Gasteiger partial charge in [-0.1, -0.05) is 72.8 Å². The van der Waals surface area contributed by atoms with Crippen LogP contribution in [0.5, 0.6) is 0 Å². The van der Waals surface area contributed by atoms with E-state index in [1.165, 1.54) is 17.3 Å². The van der Waals surface area contributed by atoms with Gasteiger partial charge in [0.15, 0.2) is 0 Å². The van der Waals surface area contributed by atoms with Crippen molar-refractivity contribution in [3.05, 3.63) is 100.0 Å². The van der Waals surface area contributed by atoms with E-state index in [1.54, 1.807) is 12.1 Å². The summed E-state index contributed by atoms with van der Waals surface area (Å²) in [5.74, 6) is -0.0947. The van der Waals surface area contributed by atoms with E-state index in [2.05, 4.69) is 36.5 Å². The van der Waals surface area contributed by atoms with E-state index in [9.17, 15) is 9.59 Å². The molecule has 0 aromatic heterocycles. The number of para-hydroxylation sites is 1. The van der Waals surface area contributed by atoms with Gasteiger partial charge in [0.2, 0.25) is 0 Å². The largest absolute Gasteiger partial charge is 0.350 e. The van der Waals surface area contributed by atoms with E-state index in [-0.39, 0.29) is 17.9 Å². The van der Waals surface area contributed by atoms with Crippen LogP contribution in [-0.2, 0) is 11.3 Å². The normalized spacial score (nSPS) is 15.3. The lowest BCUT2D eigenvalue weighted by molar-refractivity contribution is -0.114. The molecule has 1 aliphatic heterocycles. The number of amides is 2. The van der Waals surface area contributed by atoms with Crippen LogP contribution in [0.1, 0.15) is 47.3 Å². The number of hydrogen-bond donors (Lipinski definition) is 1. The number of anilines is 1. The summed E-state index contributed by atoms with van der Waals surface area (Å²) in [6.45, 7) is 6.60. The zero-order chi connectivity index (χ0) is 23.4. The Morgan fingerprint density at radius 3 is 2.42 bits per heavy atom. The highest BCUT2D eigenvalue weighted by molar-refractivity contribution is 8.04. The molecule has 2 amide bonds. The van der Waals surface area contributed by atoms with Gasteiger partial charge in [-0.05, 0) is 61.7 Å². The Bertz CT molecular complexity index is 1180. The number of nitrogens with zero attached hydrogens (tertiary/aromatic N) is 1. The molecule has 0 fully saturated rings. The summed E-state index contributed by atoms with van der Waals surface area (Å²) in [6.07, 6.45) is 2.79. The van der Waals surface area contributed by atoms with Gasteiger partial charge in [-0.2, -0.15) is 0 Å². The second-order valence-electron chi connectivity index (χ2n) is 8.36. The van der Waals surface area contributed by atoms with Gasteiger partial charge in [0.1, 0.15) is 0 Å². The van der Waals surface area contributed by atoms with Gasteiger partial charge in [-0.3, -0.25) is 9.59 Å². The average Bonchev–Trinajstić information content (AvgIpc) is 2.83. The van der Waals surface area contributed by atoms with Gasteiger partial charge in [0, 0.05) is 16.5 Å². The summed E-state index contributed by atoms with van der Waals surface area (Å²) < 4.78 is 0.